The fourth-order valence-electron chi connectivity index (χ4n) is 4.62. The molecule has 1 N–H and O–H groups in total. The number of nitrogens with zero attached hydrogens (tertiary/aromatic N) is 1. The molecule has 0 aromatic heterocycles. The van der Waals surface area contributed by atoms with Crippen LogP contribution in [0, 0.1) is 11.8 Å². The van der Waals surface area contributed by atoms with Gasteiger partial charge in [0.15, 0.2) is 0 Å². The molecule has 0 aromatic carbocycles. The van der Waals surface area contributed by atoms with Gasteiger partial charge in [0.1, 0.15) is 0 Å². The monoisotopic (exact) mass is 314 g/mol. The third-order valence-corrected chi connectivity index (χ3v) is 5.74. The molecule has 3 nitrogen and oxygen atoms in total. The van der Waals surface area contributed by atoms with E-state index in [9.17, 15) is 4.79 Å². The molecule has 21 heavy (non-hydrogen) atoms. The number of hydrogen-bond acceptors (Lipinski definition) is 2. The van der Waals surface area contributed by atoms with Crippen LogP contribution in [0.15, 0.2) is 0 Å². The number of hydrogen-bond donors (Lipinski definition) is 1. The first-order valence-electron chi connectivity index (χ1n) is 8.78. The van der Waals surface area contributed by atoms with Crippen molar-refractivity contribution in [1.82, 2.24) is 10.2 Å². The molecule has 3 unspecified atom stereocenters. The van der Waals surface area contributed by atoms with Gasteiger partial charge in [-0.1, -0.05) is 39.0 Å². The van der Waals surface area contributed by atoms with E-state index < -0.39 is 0 Å². The molecule has 122 valence electrons. The average molecular weight is 315 g/mol. The number of carbonyl (C=O) groups is 1. The van der Waals surface area contributed by atoms with E-state index in [1.54, 1.807) is 0 Å². The minimum Gasteiger partial charge on any atom is -0.335 e. The molecule has 2 heterocycles. The van der Waals surface area contributed by atoms with Crippen LogP contribution in [0.4, 0.5) is 0 Å². The van der Waals surface area contributed by atoms with E-state index in [1.807, 2.05) is 0 Å². The molecule has 1 amide bonds. The van der Waals surface area contributed by atoms with Crippen molar-refractivity contribution in [2.24, 2.45) is 11.8 Å². The Morgan fingerprint density at radius 3 is 2.57 bits per heavy atom. The number of fused-ring (bicyclic) bond motifs is 2. The largest absolute Gasteiger partial charge is 0.335 e. The molecule has 0 aromatic rings. The molecular weight excluding hydrogens is 284 g/mol. The van der Waals surface area contributed by atoms with Crippen molar-refractivity contribution in [3.63, 3.8) is 0 Å². The van der Waals surface area contributed by atoms with Crippen LogP contribution in [-0.4, -0.2) is 36.0 Å². The van der Waals surface area contributed by atoms with Gasteiger partial charge in [-0.15, -0.1) is 12.4 Å². The summed E-state index contributed by atoms with van der Waals surface area (Å²) in [5.41, 5.74) is 0. The SMILES string of the molecule is CC(CC1CCCCC1)C(=O)N1C2CCNCC1CC2.Cl. The predicted molar refractivity (Wildman–Crippen MR) is 88.7 cm³/mol. The zero-order chi connectivity index (χ0) is 13.9. The summed E-state index contributed by atoms with van der Waals surface area (Å²) in [6.07, 6.45) is 11.6. The van der Waals surface area contributed by atoms with Gasteiger partial charge in [0.2, 0.25) is 5.91 Å². The van der Waals surface area contributed by atoms with E-state index >= 15 is 0 Å². The summed E-state index contributed by atoms with van der Waals surface area (Å²) in [5.74, 6) is 1.50. The van der Waals surface area contributed by atoms with Gasteiger partial charge in [0.05, 0.1) is 0 Å². The maximum atomic E-state index is 12.9. The summed E-state index contributed by atoms with van der Waals surface area (Å²) in [7, 11) is 0. The Kier molecular flexibility index (Phi) is 6.36. The highest BCUT2D eigenvalue weighted by molar-refractivity contribution is 5.85. The Labute approximate surface area is 135 Å². The van der Waals surface area contributed by atoms with E-state index in [-0.39, 0.29) is 18.3 Å². The van der Waals surface area contributed by atoms with E-state index in [2.05, 4.69) is 17.1 Å². The number of halogens is 1. The van der Waals surface area contributed by atoms with Gasteiger partial charge in [0, 0.05) is 24.5 Å². The van der Waals surface area contributed by atoms with Crippen LogP contribution in [-0.2, 0) is 4.79 Å². The average Bonchev–Trinajstić information content (AvgIpc) is 2.72. The minimum absolute atomic E-state index is 0. The third-order valence-electron chi connectivity index (χ3n) is 5.74. The third kappa shape index (κ3) is 3.92. The molecule has 2 bridgehead atoms. The topological polar surface area (TPSA) is 32.3 Å². The number of rotatable bonds is 3. The molecule has 1 saturated carbocycles. The van der Waals surface area contributed by atoms with Crippen molar-refractivity contribution in [3.8, 4) is 0 Å². The fraction of sp³-hybridized carbons (Fsp3) is 0.941. The Morgan fingerprint density at radius 2 is 1.81 bits per heavy atom. The van der Waals surface area contributed by atoms with E-state index in [4.69, 9.17) is 0 Å². The Balaban J connectivity index is 0.00000161. The van der Waals surface area contributed by atoms with E-state index in [0.29, 0.717) is 18.0 Å². The summed E-state index contributed by atoms with van der Waals surface area (Å²) in [5, 5.41) is 3.49. The van der Waals surface area contributed by atoms with Gasteiger partial charge in [-0.25, -0.2) is 0 Å². The predicted octanol–water partition coefficient (Wildman–Crippen LogP) is 3.37. The lowest BCUT2D eigenvalue weighted by Crippen LogP contribution is -2.45. The molecule has 3 atom stereocenters. The lowest BCUT2D eigenvalue weighted by atomic mass is 9.83. The highest BCUT2D eigenvalue weighted by Crippen LogP contribution is 2.33. The summed E-state index contributed by atoms with van der Waals surface area (Å²) in [6, 6.07) is 1.00. The first-order chi connectivity index (χ1) is 9.75. The summed E-state index contributed by atoms with van der Waals surface area (Å²) < 4.78 is 0. The van der Waals surface area contributed by atoms with Gasteiger partial charge >= 0.3 is 0 Å². The minimum atomic E-state index is 0. The first kappa shape index (κ1) is 17.1. The highest BCUT2D eigenvalue weighted by atomic mass is 35.5. The van der Waals surface area contributed by atoms with Gasteiger partial charge in [-0.05, 0) is 38.1 Å². The van der Waals surface area contributed by atoms with Crippen molar-refractivity contribution in [3.05, 3.63) is 0 Å². The lowest BCUT2D eigenvalue weighted by molar-refractivity contribution is -0.138. The van der Waals surface area contributed by atoms with Crippen LogP contribution in [0.25, 0.3) is 0 Å². The van der Waals surface area contributed by atoms with Crippen LogP contribution in [0.1, 0.15) is 64.7 Å². The summed E-state index contributed by atoms with van der Waals surface area (Å²) in [6.45, 7) is 4.27. The Hall–Kier alpha value is -0.280. The van der Waals surface area contributed by atoms with Crippen LogP contribution in [0.5, 0.6) is 0 Å². The number of carbonyl (C=O) groups excluding carboxylic acids is 1. The number of nitrogens with one attached hydrogen (secondary N) is 1. The number of amides is 1. The van der Waals surface area contributed by atoms with Crippen LogP contribution >= 0.6 is 12.4 Å². The summed E-state index contributed by atoms with van der Waals surface area (Å²) in [4.78, 5) is 15.2. The van der Waals surface area contributed by atoms with Crippen LogP contribution in [0.3, 0.4) is 0 Å². The summed E-state index contributed by atoms with van der Waals surface area (Å²) >= 11 is 0. The second-order valence-corrected chi connectivity index (χ2v) is 7.26. The first-order valence-corrected chi connectivity index (χ1v) is 8.78. The molecule has 2 aliphatic heterocycles. The highest BCUT2D eigenvalue weighted by Gasteiger charge is 2.39. The molecule has 3 rings (SSSR count). The zero-order valence-corrected chi connectivity index (χ0v) is 14.2. The Morgan fingerprint density at radius 1 is 1.10 bits per heavy atom. The fourth-order valence-corrected chi connectivity index (χ4v) is 4.62. The smallest absolute Gasteiger partial charge is 0.225 e. The molecule has 3 fully saturated rings. The second-order valence-electron chi connectivity index (χ2n) is 7.26. The molecule has 4 heteroatoms. The van der Waals surface area contributed by atoms with Crippen molar-refractivity contribution in [2.75, 3.05) is 13.1 Å². The second kappa shape index (κ2) is 7.82. The Bertz CT molecular complexity index is 330. The van der Waals surface area contributed by atoms with Gasteiger partial charge in [0.25, 0.3) is 0 Å². The zero-order valence-electron chi connectivity index (χ0n) is 13.4. The van der Waals surface area contributed by atoms with Crippen LogP contribution < -0.4 is 5.32 Å². The normalized spacial score (nSPS) is 31.4. The standard InChI is InChI=1S/C17H30N2O.ClH/c1-13(11-14-5-3-2-4-6-14)17(20)19-15-7-8-16(19)12-18-10-9-15;/h13-16,18H,2-12H2,1H3;1H. The van der Waals surface area contributed by atoms with Crippen molar-refractivity contribution >= 4 is 18.3 Å². The molecule has 3 aliphatic rings. The molecule has 2 saturated heterocycles. The van der Waals surface area contributed by atoms with Gasteiger partial charge < -0.3 is 10.2 Å². The van der Waals surface area contributed by atoms with E-state index in [0.717, 1.165) is 31.8 Å². The maximum Gasteiger partial charge on any atom is 0.225 e. The molecule has 1 aliphatic carbocycles. The quantitative estimate of drug-likeness (QED) is 0.866. The van der Waals surface area contributed by atoms with Crippen molar-refractivity contribution in [1.29, 1.82) is 0 Å². The van der Waals surface area contributed by atoms with Crippen molar-refractivity contribution < 1.29 is 4.79 Å². The van der Waals surface area contributed by atoms with Gasteiger partial charge in [-0.3, -0.25) is 4.79 Å². The van der Waals surface area contributed by atoms with E-state index in [1.165, 1.54) is 44.9 Å². The lowest BCUT2D eigenvalue weighted by Gasteiger charge is -2.32. The van der Waals surface area contributed by atoms with Gasteiger partial charge in [-0.2, -0.15) is 0 Å². The molecule has 0 spiro atoms. The van der Waals surface area contributed by atoms with Crippen LogP contribution in [0.2, 0.25) is 0 Å². The van der Waals surface area contributed by atoms with Crippen molar-refractivity contribution in [2.45, 2.75) is 76.8 Å². The maximum absolute atomic E-state index is 12.9. The molecular formula is C17H31ClN2O. The molecule has 0 radical (unpaired) electrons.